The monoisotopic (exact) mass is 354 g/mol. The maximum absolute atomic E-state index is 12.1. The molecule has 1 fully saturated rings. The summed E-state index contributed by atoms with van der Waals surface area (Å²) in [6, 6.07) is 8.44. The van der Waals surface area contributed by atoms with E-state index in [2.05, 4.69) is 5.32 Å². The third-order valence-electron chi connectivity index (χ3n) is 4.20. The number of likely N-dealkylation sites (tertiary alicyclic amines) is 1. The standard InChI is InChI=1S/C16H22N2O5S/c1-16(14(19)20)7-9-18(12-16)15(21)17-8-10-24(22,23)11-13-5-3-2-4-6-13/h2-6H,7-12H2,1H3,(H,17,21)(H,19,20). The van der Waals surface area contributed by atoms with Gasteiger partial charge in [-0.1, -0.05) is 30.3 Å². The molecular formula is C16H22N2O5S. The number of nitrogens with one attached hydrogen (secondary N) is 1. The first-order valence-corrected chi connectivity index (χ1v) is 9.54. The number of carboxylic acid groups (broad SMARTS) is 1. The summed E-state index contributed by atoms with van der Waals surface area (Å²) in [6.07, 6.45) is 0.391. The number of rotatable bonds is 6. The molecule has 0 aromatic heterocycles. The Bertz CT molecular complexity index is 704. The molecule has 1 atom stereocenters. The molecule has 2 N–H and O–H groups in total. The zero-order valence-electron chi connectivity index (χ0n) is 13.6. The van der Waals surface area contributed by atoms with Crippen molar-refractivity contribution < 1.29 is 23.1 Å². The minimum Gasteiger partial charge on any atom is -0.481 e. The molecule has 1 aliphatic heterocycles. The zero-order valence-corrected chi connectivity index (χ0v) is 14.4. The van der Waals surface area contributed by atoms with Gasteiger partial charge in [0.05, 0.1) is 16.9 Å². The predicted molar refractivity (Wildman–Crippen MR) is 89.3 cm³/mol. The fourth-order valence-corrected chi connectivity index (χ4v) is 3.89. The largest absolute Gasteiger partial charge is 0.481 e. The molecule has 0 bridgehead atoms. The average molecular weight is 354 g/mol. The normalized spacial score (nSPS) is 20.8. The quantitative estimate of drug-likeness (QED) is 0.796. The van der Waals surface area contributed by atoms with Crippen LogP contribution in [0, 0.1) is 5.41 Å². The fraction of sp³-hybridized carbons (Fsp3) is 0.500. The van der Waals surface area contributed by atoms with E-state index in [4.69, 9.17) is 5.11 Å². The van der Waals surface area contributed by atoms with Crippen LogP contribution in [-0.2, 0) is 20.4 Å². The maximum atomic E-state index is 12.1. The van der Waals surface area contributed by atoms with Crippen LogP contribution in [0.4, 0.5) is 4.79 Å². The maximum Gasteiger partial charge on any atom is 0.317 e. The van der Waals surface area contributed by atoms with Gasteiger partial charge in [-0.25, -0.2) is 13.2 Å². The highest BCUT2D eigenvalue weighted by Gasteiger charge is 2.42. The van der Waals surface area contributed by atoms with E-state index in [1.165, 1.54) is 4.90 Å². The van der Waals surface area contributed by atoms with Gasteiger partial charge in [-0.15, -0.1) is 0 Å². The second kappa shape index (κ2) is 7.21. The van der Waals surface area contributed by atoms with Crippen molar-refractivity contribution in [2.75, 3.05) is 25.4 Å². The van der Waals surface area contributed by atoms with E-state index < -0.39 is 27.3 Å². The Kier molecular flexibility index (Phi) is 5.48. The van der Waals surface area contributed by atoms with E-state index in [1.807, 2.05) is 6.07 Å². The molecule has 0 aliphatic carbocycles. The van der Waals surface area contributed by atoms with Crippen molar-refractivity contribution in [3.8, 4) is 0 Å². The number of benzene rings is 1. The van der Waals surface area contributed by atoms with Gasteiger partial charge in [0.25, 0.3) is 0 Å². The summed E-state index contributed by atoms with van der Waals surface area (Å²) in [5.74, 6) is -1.15. The van der Waals surface area contributed by atoms with Gasteiger partial charge in [-0.2, -0.15) is 0 Å². The third-order valence-corrected chi connectivity index (χ3v) is 5.79. The lowest BCUT2D eigenvalue weighted by Gasteiger charge is -2.20. The Morgan fingerprint density at radius 1 is 1.29 bits per heavy atom. The lowest BCUT2D eigenvalue weighted by molar-refractivity contribution is -0.147. The van der Waals surface area contributed by atoms with Crippen molar-refractivity contribution in [3.63, 3.8) is 0 Å². The predicted octanol–water partition coefficient (Wildman–Crippen LogP) is 1.11. The lowest BCUT2D eigenvalue weighted by atomic mass is 9.90. The molecule has 1 saturated heterocycles. The smallest absolute Gasteiger partial charge is 0.317 e. The lowest BCUT2D eigenvalue weighted by Crippen LogP contribution is -2.42. The second-order valence-electron chi connectivity index (χ2n) is 6.35. The first-order chi connectivity index (χ1) is 11.2. The molecule has 0 radical (unpaired) electrons. The molecule has 132 valence electrons. The van der Waals surface area contributed by atoms with Crippen LogP contribution in [0.1, 0.15) is 18.9 Å². The number of nitrogens with zero attached hydrogens (tertiary/aromatic N) is 1. The first kappa shape index (κ1) is 18.3. The Labute approximate surface area is 141 Å². The van der Waals surface area contributed by atoms with Gasteiger partial charge in [0.1, 0.15) is 0 Å². The van der Waals surface area contributed by atoms with Gasteiger partial charge in [-0.05, 0) is 18.9 Å². The number of amides is 2. The summed E-state index contributed by atoms with van der Waals surface area (Å²) in [5, 5.41) is 11.7. The van der Waals surface area contributed by atoms with Gasteiger partial charge in [0.15, 0.2) is 9.84 Å². The van der Waals surface area contributed by atoms with Gasteiger partial charge in [0.2, 0.25) is 0 Å². The molecule has 7 nitrogen and oxygen atoms in total. The van der Waals surface area contributed by atoms with E-state index in [0.717, 1.165) is 0 Å². The van der Waals surface area contributed by atoms with Crippen LogP contribution in [0.25, 0.3) is 0 Å². The Morgan fingerprint density at radius 2 is 1.96 bits per heavy atom. The molecule has 0 saturated carbocycles. The minimum atomic E-state index is -3.32. The van der Waals surface area contributed by atoms with Crippen molar-refractivity contribution in [1.82, 2.24) is 10.2 Å². The topological polar surface area (TPSA) is 104 Å². The molecule has 8 heteroatoms. The van der Waals surface area contributed by atoms with Gasteiger partial charge < -0.3 is 15.3 Å². The second-order valence-corrected chi connectivity index (χ2v) is 8.53. The van der Waals surface area contributed by atoms with Crippen LogP contribution in [0.15, 0.2) is 30.3 Å². The van der Waals surface area contributed by atoms with Crippen molar-refractivity contribution in [2.24, 2.45) is 5.41 Å². The fourth-order valence-electron chi connectivity index (χ4n) is 2.63. The molecule has 0 spiro atoms. The molecule has 1 aliphatic rings. The average Bonchev–Trinajstić information content (AvgIpc) is 2.91. The number of carbonyl (C=O) groups is 2. The van der Waals surface area contributed by atoms with Gasteiger partial charge in [-0.3, -0.25) is 4.79 Å². The summed E-state index contributed by atoms with van der Waals surface area (Å²) < 4.78 is 24.1. The summed E-state index contributed by atoms with van der Waals surface area (Å²) in [7, 11) is -3.32. The van der Waals surface area contributed by atoms with E-state index in [9.17, 15) is 18.0 Å². The van der Waals surface area contributed by atoms with Crippen molar-refractivity contribution in [3.05, 3.63) is 35.9 Å². The number of urea groups is 1. The number of hydrogen-bond donors (Lipinski definition) is 2. The van der Waals surface area contributed by atoms with E-state index in [-0.39, 0.29) is 24.6 Å². The van der Waals surface area contributed by atoms with E-state index in [0.29, 0.717) is 18.5 Å². The van der Waals surface area contributed by atoms with Crippen molar-refractivity contribution in [2.45, 2.75) is 19.1 Å². The van der Waals surface area contributed by atoms with Gasteiger partial charge in [0, 0.05) is 19.6 Å². The molecule has 24 heavy (non-hydrogen) atoms. The van der Waals surface area contributed by atoms with Crippen molar-refractivity contribution in [1.29, 1.82) is 0 Å². The summed E-state index contributed by atoms with van der Waals surface area (Å²) in [4.78, 5) is 24.6. The molecule has 1 aromatic rings. The molecular weight excluding hydrogens is 332 g/mol. The number of carbonyl (C=O) groups excluding carboxylic acids is 1. The van der Waals surface area contributed by atoms with Crippen molar-refractivity contribution >= 4 is 21.8 Å². The zero-order chi connectivity index (χ0) is 17.8. The highest BCUT2D eigenvalue weighted by molar-refractivity contribution is 7.90. The Balaban J connectivity index is 1.79. The SMILES string of the molecule is CC1(C(=O)O)CCN(C(=O)NCCS(=O)(=O)Cc2ccccc2)C1. The van der Waals surface area contributed by atoms with Crippen LogP contribution in [0.2, 0.25) is 0 Å². The Morgan fingerprint density at radius 3 is 2.54 bits per heavy atom. The third kappa shape index (κ3) is 4.70. The molecule has 1 aromatic carbocycles. The van der Waals surface area contributed by atoms with Crippen LogP contribution in [0.5, 0.6) is 0 Å². The number of aliphatic carboxylic acids is 1. The van der Waals surface area contributed by atoms with Crippen LogP contribution in [-0.4, -0.2) is 55.8 Å². The summed E-state index contributed by atoms with van der Waals surface area (Å²) in [6.45, 7) is 2.09. The molecule has 1 unspecified atom stereocenters. The first-order valence-electron chi connectivity index (χ1n) is 7.72. The summed E-state index contributed by atoms with van der Waals surface area (Å²) in [5.41, 5.74) is -0.225. The number of carboxylic acids is 1. The molecule has 2 amide bonds. The van der Waals surface area contributed by atoms with Crippen LogP contribution in [0.3, 0.4) is 0 Å². The minimum absolute atomic E-state index is 0.00822. The number of sulfone groups is 1. The summed E-state index contributed by atoms with van der Waals surface area (Å²) >= 11 is 0. The Hall–Kier alpha value is -2.09. The van der Waals surface area contributed by atoms with Gasteiger partial charge >= 0.3 is 12.0 Å². The highest BCUT2D eigenvalue weighted by atomic mass is 32.2. The number of hydrogen-bond acceptors (Lipinski definition) is 4. The van der Waals surface area contributed by atoms with Crippen LogP contribution < -0.4 is 5.32 Å². The van der Waals surface area contributed by atoms with E-state index in [1.54, 1.807) is 31.2 Å². The van der Waals surface area contributed by atoms with E-state index >= 15 is 0 Å². The molecule has 2 rings (SSSR count). The molecule has 1 heterocycles. The highest BCUT2D eigenvalue weighted by Crippen LogP contribution is 2.29. The van der Waals surface area contributed by atoms with Crippen LogP contribution >= 0.6 is 0 Å².